The normalized spacial score (nSPS) is 7.00. The van der Waals surface area contributed by atoms with Crippen molar-refractivity contribution in [2.24, 2.45) is 0 Å². The van der Waals surface area contributed by atoms with Crippen LogP contribution < -0.4 is 0 Å². The summed E-state index contributed by atoms with van der Waals surface area (Å²) in [7, 11) is 1.67. The molecule has 2 nitrogen and oxygen atoms in total. The summed E-state index contributed by atoms with van der Waals surface area (Å²) >= 11 is 0. The molecule has 0 heterocycles. The van der Waals surface area contributed by atoms with Crippen LogP contribution in [-0.4, -0.2) is 17.8 Å². The fraction of sp³-hybridized carbons (Fsp3) is 0.400. The van der Waals surface area contributed by atoms with Crippen LogP contribution in [0, 0.1) is 17.9 Å². The highest BCUT2D eigenvalue weighted by Crippen LogP contribution is 1.75. The van der Waals surface area contributed by atoms with Gasteiger partial charge in [0.1, 0.15) is 5.84 Å². The predicted octanol–water partition coefficient (Wildman–Crippen LogP) is 0.506. The first-order chi connectivity index (χ1) is 3.18. The van der Waals surface area contributed by atoms with Crippen molar-refractivity contribution in [3.63, 3.8) is 0 Å². The molecular formula is C5H8N2. The third-order valence-electron chi connectivity index (χ3n) is 0.697. The van der Waals surface area contributed by atoms with Crippen LogP contribution in [0.3, 0.4) is 0 Å². The number of hydrogen-bond donors (Lipinski definition) is 1. The molecule has 0 aromatic heterocycles. The molecule has 38 valence electrons. The van der Waals surface area contributed by atoms with E-state index in [1.807, 2.05) is 0 Å². The lowest BCUT2D eigenvalue weighted by Crippen LogP contribution is -2.15. The zero-order valence-corrected chi connectivity index (χ0v) is 4.52. The highest BCUT2D eigenvalue weighted by Gasteiger charge is 1.86. The van der Waals surface area contributed by atoms with Crippen LogP contribution in [-0.2, 0) is 0 Å². The van der Waals surface area contributed by atoms with Crippen molar-refractivity contribution in [1.82, 2.24) is 4.90 Å². The highest BCUT2D eigenvalue weighted by molar-refractivity contribution is 5.77. The number of hydrogen-bond acceptors (Lipinski definition) is 1. The average molecular weight is 96.1 g/mol. The molecule has 1 N–H and O–H groups in total. The van der Waals surface area contributed by atoms with E-state index in [-0.39, 0.29) is 0 Å². The van der Waals surface area contributed by atoms with Gasteiger partial charge in [-0.05, 0) is 6.92 Å². The molecule has 0 fully saturated rings. The topological polar surface area (TPSA) is 27.1 Å². The van der Waals surface area contributed by atoms with E-state index in [0.717, 1.165) is 0 Å². The largest absolute Gasteiger partial charge is 0.293 e. The van der Waals surface area contributed by atoms with Crippen molar-refractivity contribution in [1.29, 1.82) is 5.41 Å². The average Bonchev–Trinajstić information content (AvgIpc) is 1.65. The molecule has 0 bridgehead atoms. The molecule has 0 saturated heterocycles. The Hall–Kier alpha value is -0.970. The van der Waals surface area contributed by atoms with E-state index in [1.165, 1.54) is 4.90 Å². The van der Waals surface area contributed by atoms with Gasteiger partial charge < -0.3 is 0 Å². The van der Waals surface area contributed by atoms with Gasteiger partial charge in [0.2, 0.25) is 0 Å². The standard InChI is InChI=1S/C5H8N2/c1-4-7(3)5(2)6/h1,6H,2-3H3. The third kappa shape index (κ3) is 1.83. The lowest BCUT2D eigenvalue weighted by Gasteiger charge is -2.04. The van der Waals surface area contributed by atoms with Crippen LogP contribution in [0.2, 0.25) is 0 Å². The van der Waals surface area contributed by atoms with Crippen LogP contribution >= 0.6 is 0 Å². The van der Waals surface area contributed by atoms with Crippen molar-refractivity contribution in [3.05, 3.63) is 0 Å². The Labute approximate surface area is 43.6 Å². The molecular weight excluding hydrogens is 88.1 g/mol. The molecule has 0 aliphatic rings. The zero-order valence-electron chi connectivity index (χ0n) is 4.52. The number of nitrogens with zero attached hydrogens (tertiary/aromatic N) is 1. The van der Waals surface area contributed by atoms with Crippen LogP contribution in [0.25, 0.3) is 0 Å². The van der Waals surface area contributed by atoms with Gasteiger partial charge in [0.05, 0.1) is 0 Å². The molecule has 0 saturated carbocycles. The van der Waals surface area contributed by atoms with Gasteiger partial charge in [-0.25, -0.2) is 0 Å². The van der Waals surface area contributed by atoms with E-state index in [9.17, 15) is 0 Å². The van der Waals surface area contributed by atoms with Crippen LogP contribution in [0.5, 0.6) is 0 Å². The van der Waals surface area contributed by atoms with Crippen LogP contribution in [0.4, 0.5) is 0 Å². The monoisotopic (exact) mass is 96.1 g/mol. The second-order valence-corrected chi connectivity index (χ2v) is 1.27. The van der Waals surface area contributed by atoms with Crippen molar-refractivity contribution in [3.8, 4) is 12.5 Å². The van der Waals surface area contributed by atoms with Crippen molar-refractivity contribution < 1.29 is 0 Å². The van der Waals surface area contributed by atoms with Gasteiger partial charge in [-0.1, -0.05) is 6.42 Å². The number of terminal acetylenes is 1. The van der Waals surface area contributed by atoms with E-state index < -0.39 is 0 Å². The summed E-state index contributed by atoms with van der Waals surface area (Å²) in [6.07, 6.45) is 4.91. The number of amidine groups is 1. The Kier molecular flexibility index (Phi) is 1.94. The van der Waals surface area contributed by atoms with Crippen molar-refractivity contribution >= 4 is 5.84 Å². The lowest BCUT2D eigenvalue weighted by atomic mass is 10.6. The van der Waals surface area contributed by atoms with Gasteiger partial charge in [0.15, 0.2) is 0 Å². The van der Waals surface area contributed by atoms with Crippen LogP contribution in [0.1, 0.15) is 6.92 Å². The molecule has 2 heteroatoms. The molecule has 0 amide bonds. The molecule has 0 spiro atoms. The molecule has 7 heavy (non-hydrogen) atoms. The number of nitrogens with one attached hydrogen (secondary N) is 1. The summed E-state index contributed by atoms with van der Waals surface area (Å²) in [5.41, 5.74) is 0. The Morgan fingerprint density at radius 2 is 2.29 bits per heavy atom. The first-order valence-corrected chi connectivity index (χ1v) is 1.93. The first-order valence-electron chi connectivity index (χ1n) is 1.93. The van der Waals surface area contributed by atoms with Gasteiger partial charge in [-0.3, -0.25) is 10.3 Å². The Balaban J connectivity index is 3.63. The Bertz CT molecular complexity index is 110. The molecule has 0 rings (SSSR count). The molecule has 0 aliphatic carbocycles. The molecule has 0 atom stereocenters. The SMILES string of the molecule is C#CN(C)C(C)=N. The summed E-state index contributed by atoms with van der Waals surface area (Å²) in [5, 5.41) is 6.88. The summed E-state index contributed by atoms with van der Waals surface area (Å²) < 4.78 is 0. The molecule has 0 unspecified atom stereocenters. The fourth-order valence-electron chi connectivity index (χ4n) is 0.0968. The minimum Gasteiger partial charge on any atom is -0.293 e. The summed E-state index contributed by atoms with van der Waals surface area (Å²) in [6.45, 7) is 1.64. The Morgan fingerprint density at radius 1 is 1.86 bits per heavy atom. The predicted molar refractivity (Wildman–Crippen MR) is 30.0 cm³/mol. The summed E-state index contributed by atoms with van der Waals surface area (Å²) in [5.74, 6) is 0.391. The van der Waals surface area contributed by atoms with Gasteiger partial charge in [-0.2, -0.15) is 0 Å². The minimum absolute atomic E-state index is 0.391. The second kappa shape index (κ2) is 2.25. The van der Waals surface area contributed by atoms with Gasteiger partial charge in [-0.15, -0.1) is 0 Å². The fourth-order valence-corrected chi connectivity index (χ4v) is 0.0968. The van der Waals surface area contributed by atoms with E-state index in [2.05, 4.69) is 6.04 Å². The second-order valence-electron chi connectivity index (χ2n) is 1.27. The third-order valence-corrected chi connectivity index (χ3v) is 0.697. The highest BCUT2D eigenvalue weighted by atomic mass is 15.1. The van der Waals surface area contributed by atoms with Crippen molar-refractivity contribution in [2.45, 2.75) is 6.92 Å². The maximum atomic E-state index is 6.88. The first kappa shape index (κ1) is 6.03. The zero-order chi connectivity index (χ0) is 5.86. The molecule has 0 aliphatic heterocycles. The minimum atomic E-state index is 0.391. The van der Waals surface area contributed by atoms with E-state index in [4.69, 9.17) is 11.8 Å². The molecule has 0 radical (unpaired) electrons. The van der Waals surface area contributed by atoms with Crippen LogP contribution in [0.15, 0.2) is 0 Å². The lowest BCUT2D eigenvalue weighted by molar-refractivity contribution is 0.716. The van der Waals surface area contributed by atoms with Gasteiger partial charge >= 0.3 is 0 Å². The maximum Gasteiger partial charge on any atom is 0.104 e. The number of rotatable bonds is 0. The smallest absolute Gasteiger partial charge is 0.104 e. The van der Waals surface area contributed by atoms with E-state index in [0.29, 0.717) is 5.84 Å². The molecule has 0 aromatic carbocycles. The Morgan fingerprint density at radius 3 is 2.29 bits per heavy atom. The van der Waals surface area contributed by atoms with Crippen molar-refractivity contribution in [2.75, 3.05) is 7.05 Å². The summed E-state index contributed by atoms with van der Waals surface area (Å²) in [4.78, 5) is 1.40. The van der Waals surface area contributed by atoms with Gasteiger partial charge in [0, 0.05) is 13.1 Å². The van der Waals surface area contributed by atoms with Gasteiger partial charge in [0.25, 0.3) is 0 Å². The maximum absolute atomic E-state index is 6.88. The summed E-state index contributed by atoms with van der Waals surface area (Å²) in [6, 6.07) is 2.27. The van der Waals surface area contributed by atoms with E-state index >= 15 is 0 Å². The molecule has 0 aromatic rings. The quantitative estimate of drug-likeness (QED) is 0.202. The van der Waals surface area contributed by atoms with E-state index in [1.54, 1.807) is 14.0 Å².